The molecule has 0 saturated carbocycles. The van der Waals surface area contributed by atoms with E-state index in [0.717, 1.165) is 12.3 Å². The van der Waals surface area contributed by atoms with Crippen LogP contribution < -0.4 is 11.5 Å². The molecule has 1 rings (SSSR count). The Balaban J connectivity index is 0.00000361. The number of rotatable bonds is 3. The number of nitrogens with two attached hydrogens (primary N) is 2. The van der Waals surface area contributed by atoms with Gasteiger partial charge in [0.2, 0.25) is 0 Å². The van der Waals surface area contributed by atoms with Gasteiger partial charge in [-0.25, -0.2) is 8.42 Å². The molecule has 1 aromatic rings. The van der Waals surface area contributed by atoms with Crippen LogP contribution in [0.3, 0.4) is 0 Å². The van der Waals surface area contributed by atoms with E-state index in [4.69, 9.17) is 11.5 Å². The van der Waals surface area contributed by atoms with Crippen LogP contribution in [0.4, 0.5) is 0 Å². The first kappa shape index (κ1) is 18.1. The second-order valence-corrected chi connectivity index (χ2v) is 5.93. The fourth-order valence-electron chi connectivity index (χ4n) is 1.32. The number of hydrogen-bond acceptors (Lipinski definition) is 4. The van der Waals surface area contributed by atoms with Crippen LogP contribution in [-0.4, -0.2) is 32.3 Å². The molecule has 0 unspecified atom stereocenters. The Morgan fingerprint density at radius 2 is 1.60 bits per heavy atom. The lowest BCUT2D eigenvalue weighted by Gasteiger charge is -2.04. The highest BCUT2D eigenvalue weighted by molar-refractivity contribution is 7.90. The maximum atomic E-state index is 11.7. The zero-order valence-electron chi connectivity index (χ0n) is 10.8. The molecule has 0 saturated heterocycles. The first-order chi connectivity index (χ1) is 8.61. The minimum atomic E-state index is -3.56. The predicted octanol–water partition coefficient (Wildman–Crippen LogP) is 0.128. The molecule has 9 heteroatoms. The zero-order valence-corrected chi connectivity index (χ0v) is 12.4. The molecule has 20 heavy (non-hydrogen) atoms. The summed E-state index contributed by atoms with van der Waals surface area (Å²) < 4.78 is 23.0. The molecule has 1 aromatic carbocycles. The van der Waals surface area contributed by atoms with Gasteiger partial charge in [0.15, 0.2) is 21.6 Å². The number of carbonyl (C=O) groups is 2. The highest BCUT2D eigenvalue weighted by atomic mass is 35.5. The maximum absolute atomic E-state index is 11.7. The van der Waals surface area contributed by atoms with Crippen molar-refractivity contribution in [2.24, 2.45) is 16.5 Å². The van der Waals surface area contributed by atoms with Gasteiger partial charge in [0, 0.05) is 17.4 Å². The summed E-state index contributed by atoms with van der Waals surface area (Å²) in [6, 6.07) is 3.56. The molecular weight excluding hydrogens is 306 g/mol. The van der Waals surface area contributed by atoms with Gasteiger partial charge in [0.1, 0.15) is 0 Å². The van der Waals surface area contributed by atoms with Crippen molar-refractivity contribution in [3.8, 4) is 0 Å². The number of guanidine groups is 1. The molecule has 0 atom stereocenters. The summed E-state index contributed by atoms with van der Waals surface area (Å²) in [6.45, 7) is 1.26. The topological polar surface area (TPSA) is 133 Å². The Bertz CT molecular complexity index is 679. The van der Waals surface area contributed by atoms with Gasteiger partial charge in [-0.3, -0.25) is 9.59 Å². The lowest BCUT2D eigenvalue weighted by molar-refractivity contribution is 0.100. The predicted molar refractivity (Wildman–Crippen MR) is 76.9 cm³/mol. The number of hydrogen-bond donors (Lipinski definition) is 2. The second kappa shape index (κ2) is 6.49. The van der Waals surface area contributed by atoms with E-state index in [9.17, 15) is 18.0 Å². The average molecular weight is 320 g/mol. The van der Waals surface area contributed by atoms with Crippen molar-refractivity contribution < 1.29 is 18.0 Å². The lowest BCUT2D eigenvalue weighted by Crippen LogP contribution is -2.24. The van der Waals surface area contributed by atoms with E-state index >= 15 is 0 Å². The Morgan fingerprint density at radius 1 is 1.10 bits per heavy atom. The summed E-state index contributed by atoms with van der Waals surface area (Å²) in [4.78, 5) is 26.1. The fourth-order valence-corrected chi connectivity index (χ4v) is 2.00. The van der Waals surface area contributed by atoms with E-state index in [-0.39, 0.29) is 34.2 Å². The smallest absolute Gasteiger partial charge is 0.280 e. The standard InChI is InChI=1S/C11H13N3O4S.ClH/c1-6(15)7-3-8(10(16)14-11(12)13)5-9(4-7)19(2,17)18;/h3-5H,1-2H3,(H4,12,13,14,16);1H. The third-order valence-electron chi connectivity index (χ3n) is 2.22. The van der Waals surface area contributed by atoms with Crippen LogP contribution in [0.15, 0.2) is 28.1 Å². The van der Waals surface area contributed by atoms with E-state index in [2.05, 4.69) is 4.99 Å². The molecule has 0 spiro atoms. The molecule has 0 radical (unpaired) electrons. The Morgan fingerprint density at radius 3 is 2.00 bits per heavy atom. The van der Waals surface area contributed by atoms with E-state index in [1.807, 2.05) is 0 Å². The van der Waals surface area contributed by atoms with Crippen LogP contribution in [0.25, 0.3) is 0 Å². The first-order valence-corrected chi connectivity index (χ1v) is 7.00. The number of nitrogens with zero attached hydrogens (tertiary/aromatic N) is 1. The highest BCUT2D eigenvalue weighted by Crippen LogP contribution is 2.16. The van der Waals surface area contributed by atoms with Crippen molar-refractivity contribution in [3.63, 3.8) is 0 Å². The summed E-state index contributed by atoms with van der Waals surface area (Å²) in [5, 5.41) is 0. The Kier molecular flexibility index (Phi) is 5.86. The third kappa shape index (κ3) is 4.63. The largest absolute Gasteiger partial charge is 0.370 e. The van der Waals surface area contributed by atoms with Crippen molar-refractivity contribution in [2.45, 2.75) is 11.8 Å². The highest BCUT2D eigenvalue weighted by Gasteiger charge is 2.15. The van der Waals surface area contributed by atoms with E-state index in [1.54, 1.807) is 0 Å². The maximum Gasteiger partial charge on any atom is 0.280 e. The van der Waals surface area contributed by atoms with Gasteiger partial charge in [-0.15, -0.1) is 12.4 Å². The summed E-state index contributed by atoms with van der Waals surface area (Å²) >= 11 is 0. The number of ketones is 1. The van der Waals surface area contributed by atoms with Crippen LogP contribution in [0.2, 0.25) is 0 Å². The monoisotopic (exact) mass is 319 g/mol. The molecule has 4 N–H and O–H groups in total. The lowest BCUT2D eigenvalue weighted by atomic mass is 10.1. The van der Waals surface area contributed by atoms with Crippen molar-refractivity contribution in [1.29, 1.82) is 0 Å². The molecule has 0 fully saturated rings. The van der Waals surface area contributed by atoms with Crippen LogP contribution in [-0.2, 0) is 9.84 Å². The quantitative estimate of drug-likeness (QED) is 0.462. The molecule has 110 valence electrons. The molecule has 0 aromatic heterocycles. The van der Waals surface area contributed by atoms with Crippen molar-refractivity contribution in [3.05, 3.63) is 29.3 Å². The van der Waals surface area contributed by atoms with Gasteiger partial charge in [-0.2, -0.15) is 4.99 Å². The number of aliphatic imine (C=N–C) groups is 1. The van der Waals surface area contributed by atoms with E-state index < -0.39 is 21.7 Å². The van der Waals surface area contributed by atoms with Crippen LogP contribution in [0, 0.1) is 0 Å². The molecule has 1 amide bonds. The van der Waals surface area contributed by atoms with Gasteiger partial charge in [0.25, 0.3) is 5.91 Å². The first-order valence-electron chi connectivity index (χ1n) is 5.11. The number of halogens is 1. The van der Waals surface area contributed by atoms with Crippen molar-refractivity contribution in [2.75, 3.05) is 6.26 Å². The van der Waals surface area contributed by atoms with Crippen molar-refractivity contribution >= 4 is 39.9 Å². The number of carbonyl (C=O) groups excluding carboxylic acids is 2. The summed E-state index contributed by atoms with van der Waals surface area (Å²) in [7, 11) is -3.56. The molecule has 0 aliphatic rings. The van der Waals surface area contributed by atoms with E-state index in [0.29, 0.717) is 0 Å². The molecule has 0 aliphatic carbocycles. The molecular formula is C11H14ClN3O4S. The summed E-state index contributed by atoms with van der Waals surface area (Å²) in [5.41, 5.74) is 10.2. The Hall–Kier alpha value is -1.93. The number of sulfone groups is 1. The second-order valence-electron chi connectivity index (χ2n) is 3.92. The molecule has 0 bridgehead atoms. The summed E-state index contributed by atoms with van der Waals surface area (Å²) in [6.07, 6.45) is 0.973. The number of amides is 1. The van der Waals surface area contributed by atoms with Gasteiger partial charge in [-0.05, 0) is 25.1 Å². The number of benzene rings is 1. The van der Waals surface area contributed by atoms with Gasteiger partial charge >= 0.3 is 0 Å². The van der Waals surface area contributed by atoms with Gasteiger partial charge in [0.05, 0.1) is 4.90 Å². The Labute approximate surface area is 122 Å². The fraction of sp³-hybridized carbons (Fsp3) is 0.182. The minimum Gasteiger partial charge on any atom is -0.370 e. The molecule has 0 aliphatic heterocycles. The van der Waals surface area contributed by atoms with Crippen molar-refractivity contribution in [1.82, 2.24) is 0 Å². The average Bonchev–Trinajstić information content (AvgIpc) is 2.26. The van der Waals surface area contributed by atoms with E-state index in [1.165, 1.54) is 19.1 Å². The molecule has 0 heterocycles. The van der Waals surface area contributed by atoms with Crippen LogP contribution in [0.1, 0.15) is 27.6 Å². The third-order valence-corrected chi connectivity index (χ3v) is 3.31. The SMILES string of the molecule is CC(=O)c1cc(C(=O)N=C(N)N)cc(S(C)(=O)=O)c1.Cl. The van der Waals surface area contributed by atoms with Gasteiger partial charge < -0.3 is 11.5 Å². The van der Waals surface area contributed by atoms with Gasteiger partial charge in [-0.1, -0.05) is 0 Å². The van der Waals surface area contributed by atoms with Crippen LogP contribution >= 0.6 is 12.4 Å². The number of Topliss-reactive ketones (excluding diaryl/α,β-unsaturated/α-hetero) is 1. The van der Waals surface area contributed by atoms with Crippen LogP contribution in [0.5, 0.6) is 0 Å². The normalized spacial score (nSPS) is 10.3. The summed E-state index contributed by atoms with van der Waals surface area (Å²) in [5.74, 6) is -1.63. The minimum absolute atomic E-state index is 0. The molecule has 7 nitrogen and oxygen atoms in total. The zero-order chi connectivity index (χ0) is 14.8.